The number of carbonyl (C=O) groups is 2. The van der Waals surface area contributed by atoms with Crippen molar-refractivity contribution in [3.63, 3.8) is 0 Å². The van der Waals surface area contributed by atoms with Crippen molar-refractivity contribution in [2.75, 3.05) is 36.4 Å². The summed E-state index contributed by atoms with van der Waals surface area (Å²) in [5.74, 6) is -0.125. The molecule has 0 aromatic heterocycles. The van der Waals surface area contributed by atoms with Gasteiger partial charge >= 0.3 is 0 Å². The van der Waals surface area contributed by atoms with E-state index in [1.165, 1.54) is 6.08 Å². The highest BCUT2D eigenvalue weighted by Gasteiger charge is 2.18. The van der Waals surface area contributed by atoms with Gasteiger partial charge in [-0.25, -0.2) is 0 Å². The first-order valence-electron chi connectivity index (χ1n) is 8.97. The van der Waals surface area contributed by atoms with Gasteiger partial charge < -0.3 is 15.1 Å². The maximum atomic E-state index is 12.1. The average molecular weight is 418 g/mol. The van der Waals surface area contributed by atoms with E-state index in [2.05, 4.69) is 10.2 Å². The van der Waals surface area contributed by atoms with Gasteiger partial charge in [0.05, 0.1) is 0 Å². The second-order valence-corrected chi connectivity index (χ2v) is 7.37. The normalized spacial score (nSPS) is 14.4. The first-order chi connectivity index (χ1) is 13.4. The summed E-state index contributed by atoms with van der Waals surface area (Å²) in [6.45, 7) is 4.66. The molecule has 28 heavy (non-hydrogen) atoms. The maximum Gasteiger partial charge on any atom is 0.248 e. The highest BCUT2D eigenvalue weighted by atomic mass is 35.5. The van der Waals surface area contributed by atoms with E-state index in [0.29, 0.717) is 15.7 Å². The van der Waals surface area contributed by atoms with E-state index >= 15 is 0 Å². The van der Waals surface area contributed by atoms with Crippen molar-refractivity contribution in [3.8, 4) is 0 Å². The molecule has 0 spiro atoms. The van der Waals surface area contributed by atoms with Crippen molar-refractivity contribution in [3.05, 3.63) is 64.1 Å². The second-order valence-electron chi connectivity index (χ2n) is 6.53. The summed E-state index contributed by atoms with van der Waals surface area (Å²) in [7, 11) is 0. The number of hydrogen-bond donors (Lipinski definition) is 1. The number of piperazine rings is 1. The van der Waals surface area contributed by atoms with Crippen LogP contribution in [0.25, 0.3) is 6.08 Å². The van der Waals surface area contributed by atoms with Gasteiger partial charge in [0.25, 0.3) is 0 Å². The summed E-state index contributed by atoms with van der Waals surface area (Å²) in [6.07, 6.45) is 3.08. The molecule has 0 saturated carbocycles. The molecule has 2 aromatic rings. The van der Waals surface area contributed by atoms with Gasteiger partial charge in [-0.2, -0.15) is 0 Å². The molecule has 2 aromatic carbocycles. The number of amides is 2. The second kappa shape index (κ2) is 9.13. The van der Waals surface area contributed by atoms with E-state index in [-0.39, 0.29) is 11.8 Å². The standard InChI is InChI=1S/C21H21Cl2N3O2/c1-15(27)25-10-12-26(13-11-25)19-7-5-18(6-8-19)24-21(28)9-3-16-2-4-17(22)14-20(16)23/h2-9,14H,10-13H2,1H3,(H,24,28)/b9-3+. The van der Waals surface area contributed by atoms with Crippen LogP contribution in [0.15, 0.2) is 48.5 Å². The van der Waals surface area contributed by atoms with Crippen molar-refractivity contribution in [2.45, 2.75) is 6.92 Å². The van der Waals surface area contributed by atoms with Crippen molar-refractivity contribution >= 4 is 52.5 Å². The fourth-order valence-corrected chi connectivity index (χ4v) is 3.49. The van der Waals surface area contributed by atoms with Crippen molar-refractivity contribution in [2.24, 2.45) is 0 Å². The van der Waals surface area contributed by atoms with E-state index in [1.54, 1.807) is 31.2 Å². The summed E-state index contributed by atoms with van der Waals surface area (Å²) in [5, 5.41) is 3.87. The Balaban J connectivity index is 1.56. The van der Waals surface area contributed by atoms with Crippen LogP contribution in [0, 0.1) is 0 Å². The zero-order chi connectivity index (χ0) is 20.1. The molecule has 1 aliphatic heterocycles. The number of benzene rings is 2. The number of hydrogen-bond acceptors (Lipinski definition) is 3. The van der Waals surface area contributed by atoms with E-state index in [9.17, 15) is 9.59 Å². The van der Waals surface area contributed by atoms with E-state index < -0.39 is 0 Å². The number of rotatable bonds is 4. The van der Waals surface area contributed by atoms with Crippen molar-refractivity contribution in [1.29, 1.82) is 0 Å². The van der Waals surface area contributed by atoms with Crippen molar-refractivity contribution in [1.82, 2.24) is 4.90 Å². The van der Waals surface area contributed by atoms with Crippen LogP contribution in [-0.4, -0.2) is 42.9 Å². The molecule has 146 valence electrons. The third-order valence-corrected chi connectivity index (χ3v) is 5.16. The van der Waals surface area contributed by atoms with Gasteiger partial charge in [0.1, 0.15) is 0 Å². The van der Waals surface area contributed by atoms with Crippen molar-refractivity contribution < 1.29 is 9.59 Å². The Hall–Kier alpha value is -2.50. The highest BCUT2D eigenvalue weighted by Crippen LogP contribution is 2.22. The molecular formula is C21H21Cl2N3O2. The van der Waals surface area contributed by atoms with Gasteiger partial charge in [-0.15, -0.1) is 0 Å². The molecule has 5 nitrogen and oxygen atoms in total. The largest absolute Gasteiger partial charge is 0.368 e. The highest BCUT2D eigenvalue weighted by molar-refractivity contribution is 6.35. The summed E-state index contributed by atoms with van der Waals surface area (Å²) < 4.78 is 0. The van der Waals surface area contributed by atoms with Gasteiger partial charge in [-0.05, 0) is 48.0 Å². The van der Waals surface area contributed by atoms with Gasteiger partial charge in [0.15, 0.2) is 0 Å². The third kappa shape index (κ3) is 5.27. The molecule has 3 rings (SSSR count). The molecule has 0 atom stereocenters. The lowest BCUT2D eigenvalue weighted by molar-refractivity contribution is -0.129. The topological polar surface area (TPSA) is 52.7 Å². The molecule has 2 amide bonds. The fraction of sp³-hybridized carbons (Fsp3) is 0.238. The smallest absolute Gasteiger partial charge is 0.248 e. The minimum Gasteiger partial charge on any atom is -0.368 e. The van der Waals surface area contributed by atoms with E-state index in [1.807, 2.05) is 29.2 Å². The molecule has 1 aliphatic rings. The third-order valence-electron chi connectivity index (χ3n) is 4.60. The van der Waals surface area contributed by atoms with Crippen LogP contribution in [0.2, 0.25) is 10.0 Å². The lowest BCUT2D eigenvalue weighted by atomic mass is 10.2. The maximum absolute atomic E-state index is 12.1. The number of carbonyl (C=O) groups excluding carboxylic acids is 2. The summed E-state index contributed by atoms with van der Waals surface area (Å²) in [5.41, 5.74) is 2.51. The lowest BCUT2D eigenvalue weighted by Gasteiger charge is -2.35. The van der Waals surface area contributed by atoms with Crippen LogP contribution < -0.4 is 10.2 Å². The Bertz CT molecular complexity index is 889. The summed E-state index contributed by atoms with van der Waals surface area (Å²) >= 11 is 12.0. The molecule has 1 heterocycles. The fourth-order valence-electron chi connectivity index (χ4n) is 3.02. The van der Waals surface area contributed by atoms with E-state index in [4.69, 9.17) is 23.2 Å². The Morgan fingerprint density at radius 2 is 1.68 bits per heavy atom. The molecule has 7 heteroatoms. The zero-order valence-electron chi connectivity index (χ0n) is 15.5. The van der Waals surface area contributed by atoms with Gasteiger partial charge in [0, 0.05) is 60.6 Å². The molecule has 0 aliphatic carbocycles. The minimum absolute atomic E-state index is 0.116. The number of halogens is 2. The lowest BCUT2D eigenvalue weighted by Crippen LogP contribution is -2.48. The quantitative estimate of drug-likeness (QED) is 0.753. The molecule has 0 bridgehead atoms. The average Bonchev–Trinajstić information content (AvgIpc) is 2.68. The van der Waals surface area contributed by atoms with Crippen LogP contribution in [0.5, 0.6) is 0 Å². The first kappa shape index (κ1) is 20.2. The monoisotopic (exact) mass is 417 g/mol. The predicted octanol–water partition coefficient (Wildman–Crippen LogP) is 4.31. The predicted molar refractivity (Wildman–Crippen MR) is 115 cm³/mol. The molecule has 1 N–H and O–H groups in total. The molecule has 0 unspecified atom stereocenters. The Kier molecular flexibility index (Phi) is 6.60. The van der Waals surface area contributed by atoms with E-state index in [0.717, 1.165) is 37.4 Å². The Labute approximate surface area is 174 Å². The van der Waals surface area contributed by atoms with Gasteiger partial charge in [-0.3, -0.25) is 9.59 Å². The number of nitrogens with one attached hydrogen (secondary N) is 1. The number of nitrogens with zero attached hydrogens (tertiary/aromatic N) is 2. The molecule has 1 fully saturated rings. The van der Waals surface area contributed by atoms with Crippen LogP contribution in [0.3, 0.4) is 0 Å². The minimum atomic E-state index is -0.242. The molecule has 0 radical (unpaired) electrons. The Morgan fingerprint density at radius 3 is 2.29 bits per heavy atom. The van der Waals surface area contributed by atoms with Crippen LogP contribution in [0.1, 0.15) is 12.5 Å². The van der Waals surface area contributed by atoms with Gasteiger partial charge in [0.2, 0.25) is 11.8 Å². The Morgan fingerprint density at radius 1 is 1.00 bits per heavy atom. The van der Waals surface area contributed by atoms with Gasteiger partial charge in [-0.1, -0.05) is 29.3 Å². The number of anilines is 2. The SMILES string of the molecule is CC(=O)N1CCN(c2ccc(NC(=O)/C=C/c3ccc(Cl)cc3Cl)cc2)CC1. The van der Waals surface area contributed by atoms with Crippen LogP contribution >= 0.6 is 23.2 Å². The molecule has 1 saturated heterocycles. The summed E-state index contributed by atoms with van der Waals surface area (Å²) in [4.78, 5) is 27.6. The summed E-state index contributed by atoms with van der Waals surface area (Å²) in [6, 6.07) is 12.8. The zero-order valence-corrected chi connectivity index (χ0v) is 17.0. The first-order valence-corrected chi connectivity index (χ1v) is 9.72. The van der Waals surface area contributed by atoms with Crippen LogP contribution in [-0.2, 0) is 9.59 Å². The van der Waals surface area contributed by atoms with Crippen LogP contribution in [0.4, 0.5) is 11.4 Å². The molecular weight excluding hydrogens is 397 g/mol.